The van der Waals surface area contributed by atoms with Crippen molar-refractivity contribution in [1.82, 2.24) is 0 Å². The highest BCUT2D eigenvalue weighted by molar-refractivity contribution is 5.23. The Bertz CT molecular complexity index is 114. The second-order valence-corrected chi connectivity index (χ2v) is 2.11. The lowest BCUT2D eigenvalue weighted by molar-refractivity contribution is 0.745. The Morgan fingerprint density at radius 1 is 1.62 bits per heavy atom. The van der Waals surface area contributed by atoms with Gasteiger partial charge in [0.1, 0.15) is 0 Å². The van der Waals surface area contributed by atoms with Crippen molar-refractivity contribution >= 4 is 0 Å². The summed E-state index contributed by atoms with van der Waals surface area (Å²) in [5.41, 5.74) is 0. The first-order valence-electron chi connectivity index (χ1n) is 3.27. The lowest BCUT2D eigenvalue weighted by Crippen LogP contribution is -1.95. The first-order valence-corrected chi connectivity index (χ1v) is 3.27. The molecular weight excluding hydrogens is 96.1 g/mol. The molecule has 0 aliphatic heterocycles. The lowest BCUT2D eigenvalue weighted by Gasteiger charge is -2.07. The average Bonchev–Trinajstić information content (AvgIpc) is 1.90. The van der Waals surface area contributed by atoms with Gasteiger partial charge >= 0.3 is 0 Å². The van der Waals surface area contributed by atoms with E-state index >= 15 is 0 Å². The normalized spacial score (nSPS) is 19.6. The zero-order valence-corrected chi connectivity index (χ0v) is 5.33. The molecule has 0 saturated carbocycles. The third-order valence-electron chi connectivity index (χ3n) is 1.47. The fourth-order valence-electron chi connectivity index (χ4n) is 0.905. The van der Waals surface area contributed by atoms with E-state index in [1.165, 1.54) is 18.8 Å². The van der Waals surface area contributed by atoms with Crippen LogP contribution in [-0.2, 0) is 0 Å². The molecule has 1 aliphatic rings. The van der Waals surface area contributed by atoms with Crippen molar-refractivity contribution in [3.05, 3.63) is 5.92 Å². The molecule has 0 bridgehead atoms. The Labute approximate surface area is 51.3 Å². The molecular formula is C8H11. The maximum atomic E-state index is 3.14. The van der Waals surface area contributed by atoms with Crippen molar-refractivity contribution in [3.63, 3.8) is 0 Å². The van der Waals surface area contributed by atoms with Gasteiger partial charge in [0.25, 0.3) is 0 Å². The van der Waals surface area contributed by atoms with E-state index in [2.05, 4.69) is 18.8 Å². The van der Waals surface area contributed by atoms with Crippen molar-refractivity contribution in [2.24, 2.45) is 0 Å². The molecule has 0 fully saturated rings. The van der Waals surface area contributed by atoms with Crippen LogP contribution in [0.1, 0.15) is 32.6 Å². The van der Waals surface area contributed by atoms with E-state index < -0.39 is 0 Å². The Morgan fingerprint density at radius 3 is 2.88 bits per heavy atom. The molecule has 0 spiro atoms. The van der Waals surface area contributed by atoms with Gasteiger partial charge in [0, 0.05) is 12.3 Å². The van der Waals surface area contributed by atoms with Crippen LogP contribution < -0.4 is 0 Å². The summed E-state index contributed by atoms with van der Waals surface area (Å²) in [6.07, 6.45) is 4.82. The molecule has 8 heavy (non-hydrogen) atoms. The molecule has 0 nitrogen and oxygen atoms in total. The largest absolute Gasteiger partial charge is 0.103 e. The minimum absolute atomic E-state index is 1.11. The minimum Gasteiger partial charge on any atom is -0.103 e. The van der Waals surface area contributed by atoms with Crippen LogP contribution in [0.5, 0.6) is 0 Å². The van der Waals surface area contributed by atoms with Gasteiger partial charge in [0.15, 0.2) is 0 Å². The first-order chi connectivity index (χ1) is 3.93. The van der Waals surface area contributed by atoms with Crippen LogP contribution in [0, 0.1) is 17.8 Å². The molecule has 0 N–H and O–H groups in total. The molecule has 0 aromatic carbocycles. The number of rotatable bonds is 1. The average molecular weight is 107 g/mol. The van der Waals surface area contributed by atoms with Crippen LogP contribution >= 0.6 is 0 Å². The summed E-state index contributed by atoms with van der Waals surface area (Å²) >= 11 is 0. The molecule has 1 radical (unpaired) electrons. The monoisotopic (exact) mass is 107 g/mol. The molecule has 0 aromatic rings. The van der Waals surface area contributed by atoms with E-state index in [0.29, 0.717) is 0 Å². The maximum absolute atomic E-state index is 3.14. The fraction of sp³-hybridized carbons (Fsp3) is 0.625. The standard InChI is InChI=1S/C8H11/c1-2-8-6-4-3-5-7-8/h2-4,6H2,1H3. The van der Waals surface area contributed by atoms with Crippen LogP contribution in [0.25, 0.3) is 0 Å². The predicted molar refractivity (Wildman–Crippen MR) is 35.2 cm³/mol. The van der Waals surface area contributed by atoms with Crippen LogP contribution in [0.4, 0.5) is 0 Å². The van der Waals surface area contributed by atoms with Crippen molar-refractivity contribution in [3.8, 4) is 11.8 Å². The van der Waals surface area contributed by atoms with E-state index in [1.807, 2.05) is 0 Å². The zero-order chi connectivity index (χ0) is 5.82. The summed E-state index contributed by atoms with van der Waals surface area (Å²) in [4.78, 5) is 0. The van der Waals surface area contributed by atoms with Gasteiger partial charge < -0.3 is 0 Å². The predicted octanol–water partition coefficient (Wildman–Crippen LogP) is 2.16. The summed E-state index contributed by atoms with van der Waals surface area (Å²) in [5.74, 6) is 7.68. The van der Waals surface area contributed by atoms with Gasteiger partial charge in [-0.1, -0.05) is 12.8 Å². The first kappa shape index (κ1) is 5.69. The molecule has 0 atom stereocenters. The summed E-state index contributed by atoms with van der Waals surface area (Å²) in [6, 6.07) is 0. The van der Waals surface area contributed by atoms with Crippen molar-refractivity contribution in [2.45, 2.75) is 32.6 Å². The van der Waals surface area contributed by atoms with E-state index in [1.54, 1.807) is 0 Å². The van der Waals surface area contributed by atoms with Crippen molar-refractivity contribution in [2.75, 3.05) is 0 Å². The zero-order valence-electron chi connectivity index (χ0n) is 5.33. The Balaban J connectivity index is 2.39. The molecule has 0 heterocycles. The topological polar surface area (TPSA) is 0 Å². The van der Waals surface area contributed by atoms with Gasteiger partial charge in [-0.05, 0) is 19.3 Å². The third kappa shape index (κ3) is 1.26. The summed E-state index contributed by atoms with van der Waals surface area (Å²) in [5, 5.41) is 0. The Hall–Kier alpha value is -0.440. The molecule has 1 rings (SSSR count). The molecule has 0 aromatic heterocycles. The molecule has 0 saturated heterocycles. The molecule has 0 heteroatoms. The summed E-state index contributed by atoms with van der Waals surface area (Å²) in [7, 11) is 0. The SMILES string of the molecule is CC[C]1C#CCCC1. The van der Waals surface area contributed by atoms with Crippen LogP contribution in [0.15, 0.2) is 0 Å². The van der Waals surface area contributed by atoms with Crippen LogP contribution in [-0.4, -0.2) is 0 Å². The van der Waals surface area contributed by atoms with Gasteiger partial charge in [0.2, 0.25) is 0 Å². The second-order valence-electron chi connectivity index (χ2n) is 2.11. The highest BCUT2D eigenvalue weighted by Crippen LogP contribution is 2.16. The van der Waals surface area contributed by atoms with Gasteiger partial charge in [-0.2, -0.15) is 0 Å². The van der Waals surface area contributed by atoms with E-state index in [9.17, 15) is 0 Å². The van der Waals surface area contributed by atoms with Crippen molar-refractivity contribution in [1.29, 1.82) is 0 Å². The highest BCUT2D eigenvalue weighted by Gasteiger charge is 2.04. The second kappa shape index (κ2) is 2.77. The summed E-state index contributed by atoms with van der Waals surface area (Å²) in [6.45, 7) is 2.18. The van der Waals surface area contributed by atoms with E-state index in [4.69, 9.17) is 0 Å². The smallest absolute Gasteiger partial charge is 0.0477 e. The van der Waals surface area contributed by atoms with Crippen LogP contribution in [0.2, 0.25) is 0 Å². The van der Waals surface area contributed by atoms with E-state index in [0.717, 1.165) is 12.8 Å². The van der Waals surface area contributed by atoms with Gasteiger partial charge in [-0.3, -0.25) is 0 Å². The lowest BCUT2D eigenvalue weighted by atomic mass is 9.96. The van der Waals surface area contributed by atoms with Crippen LogP contribution in [0.3, 0.4) is 0 Å². The van der Waals surface area contributed by atoms with E-state index in [-0.39, 0.29) is 0 Å². The Kier molecular flexibility index (Phi) is 1.97. The van der Waals surface area contributed by atoms with Gasteiger partial charge in [0.05, 0.1) is 0 Å². The molecule has 43 valence electrons. The maximum Gasteiger partial charge on any atom is 0.0477 e. The quantitative estimate of drug-likeness (QED) is 0.450. The molecule has 0 amide bonds. The van der Waals surface area contributed by atoms with Gasteiger partial charge in [-0.15, -0.1) is 5.92 Å². The Morgan fingerprint density at radius 2 is 2.50 bits per heavy atom. The molecule has 0 unspecified atom stereocenters. The van der Waals surface area contributed by atoms with Crippen molar-refractivity contribution < 1.29 is 0 Å². The van der Waals surface area contributed by atoms with Gasteiger partial charge in [-0.25, -0.2) is 0 Å². The minimum atomic E-state index is 1.11. The summed E-state index contributed by atoms with van der Waals surface area (Å²) < 4.78 is 0. The fourth-order valence-corrected chi connectivity index (χ4v) is 0.905. The number of hydrogen-bond acceptors (Lipinski definition) is 0. The molecule has 1 aliphatic carbocycles. The number of hydrogen-bond donors (Lipinski definition) is 0. The highest BCUT2D eigenvalue weighted by atomic mass is 14.1. The third-order valence-corrected chi connectivity index (χ3v) is 1.47.